The topological polar surface area (TPSA) is 69.8 Å². The molecular weight excluding hydrogens is 277 g/mol. The summed E-state index contributed by atoms with van der Waals surface area (Å²) in [5.74, 6) is 0.276. The maximum Gasteiger partial charge on any atom is 0.207 e. The molecule has 1 aromatic carbocycles. The Bertz CT molecular complexity index is 901. The zero-order chi connectivity index (χ0) is 14.3. The lowest BCUT2D eigenvalue weighted by Gasteiger charge is -2.05. The van der Waals surface area contributed by atoms with Crippen LogP contribution in [0.5, 0.6) is 0 Å². The number of H-pyrrole nitrogens is 1. The number of aromatic nitrogens is 4. The second-order valence-electron chi connectivity index (χ2n) is 4.19. The predicted octanol–water partition coefficient (Wildman–Crippen LogP) is 2.77. The monoisotopic (exact) mass is 285 g/mol. The van der Waals surface area contributed by atoms with Gasteiger partial charge in [0.25, 0.3) is 0 Å². The van der Waals surface area contributed by atoms with Crippen LogP contribution in [0.15, 0.2) is 24.3 Å². The molecule has 98 valence electrons. The minimum atomic E-state index is -0.348. The Labute approximate surface area is 118 Å². The number of nitriles is 1. The summed E-state index contributed by atoms with van der Waals surface area (Å²) >= 11 is 5.22. The van der Waals surface area contributed by atoms with Gasteiger partial charge in [-0.3, -0.25) is 9.50 Å². The molecule has 0 saturated heterocycles. The van der Waals surface area contributed by atoms with Gasteiger partial charge in [0, 0.05) is 5.56 Å². The molecule has 2 aromatic heterocycles. The van der Waals surface area contributed by atoms with E-state index >= 15 is 0 Å². The summed E-state index contributed by atoms with van der Waals surface area (Å²) < 4.78 is 14.9. The molecule has 0 aliphatic heterocycles. The van der Waals surface area contributed by atoms with Gasteiger partial charge in [-0.1, -0.05) is 0 Å². The van der Waals surface area contributed by atoms with Crippen LogP contribution in [0.25, 0.3) is 16.9 Å². The number of benzene rings is 1. The third-order valence-electron chi connectivity index (χ3n) is 2.97. The zero-order valence-electron chi connectivity index (χ0n) is 10.4. The highest BCUT2D eigenvalue weighted by atomic mass is 32.1. The molecule has 0 amide bonds. The van der Waals surface area contributed by atoms with Gasteiger partial charge in [0.05, 0.1) is 5.69 Å². The minimum Gasteiger partial charge on any atom is -0.259 e. The molecule has 1 N–H and O–H groups in total. The maximum absolute atomic E-state index is 13.0. The van der Waals surface area contributed by atoms with Crippen molar-refractivity contribution in [2.45, 2.75) is 6.92 Å². The molecule has 0 radical (unpaired) electrons. The smallest absolute Gasteiger partial charge is 0.207 e. The predicted molar refractivity (Wildman–Crippen MR) is 73.0 cm³/mol. The van der Waals surface area contributed by atoms with Crippen molar-refractivity contribution in [3.63, 3.8) is 0 Å². The first-order valence-electron chi connectivity index (χ1n) is 5.75. The first-order valence-corrected chi connectivity index (χ1v) is 6.16. The quantitative estimate of drug-likeness (QED) is 0.698. The van der Waals surface area contributed by atoms with Gasteiger partial charge in [0.15, 0.2) is 5.65 Å². The molecule has 5 nitrogen and oxygen atoms in total. The van der Waals surface area contributed by atoms with E-state index in [1.807, 2.05) is 0 Å². The van der Waals surface area contributed by atoms with Gasteiger partial charge in [-0.2, -0.15) is 10.4 Å². The summed E-state index contributed by atoms with van der Waals surface area (Å²) in [6.07, 6.45) is 0. The lowest BCUT2D eigenvalue weighted by atomic mass is 10.1. The first-order chi connectivity index (χ1) is 9.61. The van der Waals surface area contributed by atoms with Gasteiger partial charge in [-0.25, -0.2) is 9.37 Å². The van der Waals surface area contributed by atoms with E-state index in [0.717, 1.165) is 0 Å². The number of hydrogen-bond acceptors (Lipinski definition) is 4. The SMILES string of the molecule is Cc1n[nH]c2c(C#N)c(-c3ccc(F)cc3)nc(=S)n12. The van der Waals surface area contributed by atoms with Crippen LogP contribution in [0.4, 0.5) is 4.39 Å². The van der Waals surface area contributed by atoms with E-state index in [0.29, 0.717) is 33.1 Å². The van der Waals surface area contributed by atoms with E-state index in [2.05, 4.69) is 21.3 Å². The fraction of sp³-hybridized carbons (Fsp3) is 0.0769. The Morgan fingerprint density at radius 2 is 2.05 bits per heavy atom. The first kappa shape index (κ1) is 12.4. The van der Waals surface area contributed by atoms with E-state index < -0.39 is 0 Å². The van der Waals surface area contributed by atoms with Gasteiger partial charge in [-0.15, -0.1) is 0 Å². The highest BCUT2D eigenvalue weighted by Gasteiger charge is 2.15. The zero-order valence-corrected chi connectivity index (χ0v) is 11.2. The van der Waals surface area contributed by atoms with Crippen molar-refractivity contribution < 1.29 is 4.39 Å². The Balaban J connectivity index is 2.40. The summed E-state index contributed by atoms with van der Waals surface area (Å²) in [7, 11) is 0. The van der Waals surface area contributed by atoms with Crippen molar-refractivity contribution in [3.05, 3.63) is 46.2 Å². The molecule has 0 aliphatic carbocycles. The lowest BCUT2D eigenvalue weighted by Crippen LogP contribution is -2.00. The summed E-state index contributed by atoms with van der Waals surface area (Å²) in [6.45, 7) is 1.76. The molecule has 0 atom stereocenters. The normalized spacial score (nSPS) is 10.7. The van der Waals surface area contributed by atoms with E-state index in [4.69, 9.17) is 12.2 Å². The maximum atomic E-state index is 13.0. The van der Waals surface area contributed by atoms with Crippen molar-refractivity contribution in [3.8, 4) is 17.3 Å². The Morgan fingerprint density at radius 3 is 2.70 bits per heavy atom. The van der Waals surface area contributed by atoms with Crippen LogP contribution in [0.2, 0.25) is 0 Å². The standard InChI is InChI=1S/C13H8FN5S/c1-7-17-18-12-10(6-15)11(16-13(20)19(7)12)8-2-4-9(14)5-3-8/h2-5,18H,1H3. The fourth-order valence-electron chi connectivity index (χ4n) is 2.03. The summed E-state index contributed by atoms with van der Waals surface area (Å²) in [6, 6.07) is 7.86. The van der Waals surface area contributed by atoms with Crippen LogP contribution >= 0.6 is 12.2 Å². The van der Waals surface area contributed by atoms with Crippen LogP contribution < -0.4 is 0 Å². The molecule has 7 heteroatoms. The third kappa shape index (κ3) is 1.78. The second kappa shape index (κ2) is 4.51. The molecule has 0 spiro atoms. The van der Waals surface area contributed by atoms with Crippen molar-refractivity contribution in [2.24, 2.45) is 0 Å². The van der Waals surface area contributed by atoms with Crippen LogP contribution in [-0.4, -0.2) is 19.6 Å². The average molecular weight is 285 g/mol. The summed E-state index contributed by atoms with van der Waals surface area (Å²) in [5.41, 5.74) is 1.86. The highest BCUT2D eigenvalue weighted by Crippen LogP contribution is 2.24. The lowest BCUT2D eigenvalue weighted by molar-refractivity contribution is 0.628. The third-order valence-corrected chi connectivity index (χ3v) is 3.25. The van der Waals surface area contributed by atoms with Gasteiger partial charge < -0.3 is 0 Å². The molecular formula is C13H8FN5S. The molecule has 2 heterocycles. The van der Waals surface area contributed by atoms with Crippen LogP contribution in [0, 0.1) is 28.8 Å². The van der Waals surface area contributed by atoms with E-state index in [1.54, 1.807) is 23.5 Å². The molecule has 0 unspecified atom stereocenters. The van der Waals surface area contributed by atoms with Crippen molar-refractivity contribution in [2.75, 3.05) is 0 Å². The fourth-order valence-corrected chi connectivity index (χ4v) is 2.35. The number of nitrogens with zero attached hydrogens (tertiary/aromatic N) is 4. The Morgan fingerprint density at radius 1 is 1.35 bits per heavy atom. The number of nitrogens with one attached hydrogen (secondary N) is 1. The minimum absolute atomic E-state index is 0.296. The molecule has 3 aromatic rings. The number of rotatable bonds is 1. The van der Waals surface area contributed by atoms with Crippen LogP contribution in [-0.2, 0) is 0 Å². The van der Waals surface area contributed by atoms with Crippen LogP contribution in [0.3, 0.4) is 0 Å². The van der Waals surface area contributed by atoms with Gasteiger partial charge in [-0.05, 0) is 43.4 Å². The van der Waals surface area contributed by atoms with Crippen LogP contribution in [0.1, 0.15) is 11.4 Å². The molecule has 0 aliphatic rings. The number of aryl methyl sites for hydroxylation is 1. The largest absolute Gasteiger partial charge is 0.259 e. The number of hydrogen-bond donors (Lipinski definition) is 1. The number of fused-ring (bicyclic) bond motifs is 1. The van der Waals surface area contributed by atoms with Crippen molar-refractivity contribution in [1.82, 2.24) is 19.6 Å². The average Bonchev–Trinajstić information content (AvgIpc) is 2.82. The van der Waals surface area contributed by atoms with E-state index in [-0.39, 0.29) is 5.82 Å². The summed E-state index contributed by atoms with van der Waals surface area (Å²) in [4.78, 5) is 4.28. The van der Waals surface area contributed by atoms with Gasteiger partial charge >= 0.3 is 0 Å². The Kier molecular flexibility index (Phi) is 2.80. The number of halogens is 1. The van der Waals surface area contributed by atoms with Crippen molar-refractivity contribution in [1.29, 1.82) is 5.26 Å². The van der Waals surface area contributed by atoms with Gasteiger partial charge in [0.1, 0.15) is 23.3 Å². The molecule has 20 heavy (non-hydrogen) atoms. The molecule has 0 bridgehead atoms. The van der Waals surface area contributed by atoms with E-state index in [9.17, 15) is 9.65 Å². The van der Waals surface area contributed by atoms with Crippen molar-refractivity contribution >= 4 is 17.9 Å². The number of aromatic amines is 1. The molecule has 0 fully saturated rings. The van der Waals surface area contributed by atoms with Gasteiger partial charge in [0.2, 0.25) is 4.77 Å². The Hall–Kier alpha value is -2.59. The van der Waals surface area contributed by atoms with E-state index in [1.165, 1.54) is 12.1 Å². The second-order valence-corrected chi connectivity index (χ2v) is 4.56. The highest BCUT2D eigenvalue weighted by molar-refractivity contribution is 7.71. The molecule has 0 saturated carbocycles. The summed E-state index contributed by atoms with van der Waals surface area (Å²) in [5, 5.41) is 16.2. The molecule has 3 rings (SSSR count).